The molecule has 312 valence electrons. The molecule has 0 saturated carbocycles. The van der Waals surface area contributed by atoms with Gasteiger partial charge in [-0.1, -0.05) is 103 Å². The Kier molecular flexibility index (Phi) is 9.98. The predicted octanol–water partition coefficient (Wildman–Crippen LogP) is 13.0. The third-order valence-electron chi connectivity index (χ3n) is 13.1. The number of ether oxygens (including phenoxy) is 1. The Hall–Kier alpha value is -5.84. The molecule has 0 saturated heterocycles. The van der Waals surface area contributed by atoms with Crippen molar-refractivity contribution in [2.45, 2.75) is 92.2 Å². The molecule has 1 aliphatic carbocycles. The van der Waals surface area contributed by atoms with Crippen molar-refractivity contribution in [3.63, 3.8) is 0 Å². The van der Waals surface area contributed by atoms with Gasteiger partial charge in [0.15, 0.2) is 0 Å². The smallest absolute Gasteiger partial charge is 0.503 e. The van der Waals surface area contributed by atoms with Gasteiger partial charge in [0.05, 0.1) is 28.1 Å². The first kappa shape index (κ1) is 41.5. The Labute approximate surface area is 380 Å². The van der Waals surface area contributed by atoms with E-state index in [0.717, 1.165) is 62.3 Å². The van der Waals surface area contributed by atoms with Crippen molar-refractivity contribution in [1.29, 1.82) is 0 Å². The van der Waals surface area contributed by atoms with Crippen LogP contribution in [-0.2, 0) is 38.4 Å². The minimum atomic E-state index is -0.524. The van der Waals surface area contributed by atoms with Crippen LogP contribution in [0.3, 0.4) is 0 Å². The second kappa shape index (κ2) is 14.9. The van der Waals surface area contributed by atoms with Gasteiger partial charge in [0, 0.05) is 40.4 Å². The van der Waals surface area contributed by atoms with Crippen molar-refractivity contribution in [2.24, 2.45) is 4.99 Å². The van der Waals surface area contributed by atoms with E-state index in [4.69, 9.17) is 19.7 Å². The van der Waals surface area contributed by atoms with Gasteiger partial charge in [-0.25, -0.2) is 4.98 Å². The van der Waals surface area contributed by atoms with Crippen LogP contribution in [0.15, 0.2) is 121 Å². The van der Waals surface area contributed by atoms with Crippen molar-refractivity contribution in [3.05, 3.63) is 178 Å². The molecule has 2 aliphatic rings. The summed E-state index contributed by atoms with van der Waals surface area (Å²) in [6, 6.07) is 44.2. The summed E-state index contributed by atoms with van der Waals surface area (Å²) in [5.74, 6) is 2.02. The molecule has 62 heavy (non-hydrogen) atoms. The van der Waals surface area contributed by atoms with Crippen LogP contribution < -0.4 is 9.64 Å². The van der Waals surface area contributed by atoms with Crippen molar-refractivity contribution < 1.29 is 25.8 Å². The topological polar surface area (TPSA) is 55.5 Å². The van der Waals surface area contributed by atoms with Crippen molar-refractivity contribution in [2.75, 3.05) is 4.90 Å². The van der Waals surface area contributed by atoms with E-state index in [2.05, 4.69) is 164 Å². The van der Waals surface area contributed by atoms with Gasteiger partial charge in [0.25, 0.3) is 0 Å². The fourth-order valence-electron chi connectivity index (χ4n) is 10.1. The quantitative estimate of drug-likeness (QED) is 0.156. The Bertz CT molecular complexity index is 3100. The molecule has 7 heteroatoms. The molecule has 0 fully saturated rings. The number of aromatic nitrogens is 3. The number of pyridine rings is 2. The summed E-state index contributed by atoms with van der Waals surface area (Å²) in [6.07, 6.45) is 4.56. The van der Waals surface area contributed by atoms with E-state index in [1.807, 2.05) is 42.7 Å². The molecule has 1 aliphatic heterocycles. The van der Waals surface area contributed by atoms with Gasteiger partial charge < -0.3 is 19.2 Å². The maximum atomic E-state index is 7.03. The van der Waals surface area contributed by atoms with Gasteiger partial charge in [-0.3, -0.25) is 4.98 Å². The fraction of sp³-hybridized carbons (Fsp3) is 0.255. The normalized spacial score (nSPS) is 18.2. The van der Waals surface area contributed by atoms with Crippen LogP contribution in [0.2, 0.25) is 0 Å². The van der Waals surface area contributed by atoms with E-state index >= 15 is 0 Å². The third kappa shape index (κ3) is 6.61. The van der Waals surface area contributed by atoms with Gasteiger partial charge in [0.2, 0.25) is 0 Å². The van der Waals surface area contributed by atoms with E-state index in [1.165, 1.54) is 44.6 Å². The number of nitrogens with zero attached hydrogens (tertiary/aromatic N) is 5. The number of aryl methyl sites for hydroxylation is 5. The molecule has 5 aromatic carbocycles. The van der Waals surface area contributed by atoms with E-state index in [0.29, 0.717) is 11.5 Å². The number of rotatable bonds is 6. The first-order chi connectivity index (χ1) is 29.1. The van der Waals surface area contributed by atoms with Gasteiger partial charge in [-0.15, -0.1) is 35.4 Å². The predicted molar refractivity (Wildman–Crippen MR) is 250 cm³/mol. The number of amidine groups is 1. The molecular formula is C55H51N5OPt. The van der Waals surface area contributed by atoms with Gasteiger partial charge in [-0.05, 0) is 119 Å². The summed E-state index contributed by atoms with van der Waals surface area (Å²) in [4.78, 5) is 18.1. The van der Waals surface area contributed by atoms with E-state index in [-0.39, 0.29) is 26.5 Å². The number of fused-ring (bicyclic) bond motifs is 6. The number of hydrogen-bond donors (Lipinski definition) is 0. The van der Waals surface area contributed by atoms with Crippen LogP contribution in [-0.4, -0.2) is 25.9 Å². The fourth-order valence-corrected chi connectivity index (χ4v) is 10.1. The molecule has 0 bridgehead atoms. The average molecular weight is 993 g/mol. The molecule has 4 heterocycles. The summed E-state index contributed by atoms with van der Waals surface area (Å²) in [5, 5.41) is 2.26. The van der Waals surface area contributed by atoms with Crippen LogP contribution in [0, 0.1) is 46.8 Å². The molecule has 8 aromatic rings. The van der Waals surface area contributed by atoms with E-state index < -0.39 is 11.1 Å². The molecule has 3 aromatic heterocycles. The molecule has 2 atom stereocenters. The van der Waals surface area contributed by atoms with Crippen LogP contribution >= 0.6 is 0 Å². The minimum Gasteiger partial charge on any atom is -0.503 e. The van der Waals surface area contributed by atoms with Crippen molar-refractivity contribution >= 4 is 33.5 Å². The standard InChI is InChI=1S/C55H51N5O.Pt/c1-33-16-18-47-40(24-33)32-54(9)55(47,10)58-51(60(54)50-36(4)22-35(3)23-37(50)5)39-26-38(48-15-11-12-20-56-48)27-43(28-39)61-44-30-41(53(6,7)8)29-42(31-44)59-49-19-17-34(2)25-46(49)45-14-13-21-57-52(45)59;/h11-27,29-30H,32H2,1-10H3;/q-2;+2/t54-,55+;/m0./s1. The molecule has 0 unspecified atom stereocenters. The molecule has 6 nitrogen and oxygen atoms in total. The maximum Gasteiger partial charge on any atom is 2.00 e. The summed E-state index contributed by atoms with van der Waals surface area (Å²) >= 11 is 0. The molecule has 0 spiro atoms. The summed E-state index contributed by atoms with van der Waals surface area (Å²) < 4.78 is 9.24. The van der Waals surface area contributed by atoms with E-state index in [1.54, 1.807) is 0 Å². The van der Waals surface area contributed by atoms with Crippen LogP contribution in [0.5, 0.6) is 11.5 Å². The summed E-state index contributed by atoms with van der Waals surface area (Å²) in [6.45, 7) is 22.3. The van der Waals surface area contributed by atoms with Gasteiger partial charge in [0.1, 0.15) is 5.65 Å². The summed E-state index contributed by atoms with van der Waals surface area (Å²) in [7, 11) is 0. The molecule has 0 N–H and O–H groups in total. The first-order valence-corrected chi connectivity index (χ1v) is 21.3. The number of aliphatic imine (C=N–C) groups is 1. The number of benzene rings is 5. The first-order valence-electron chi connectivity index (χ1n) is 21.3. The number of hydrogen-bond acceptors (Lipinski definition) is 5. The zero-order valence-corrected chi connectivity index (χ0v) is 39.4. The second-order valence-corrected chi connectivity index (χ2v) is 18.8. The maximum absolute atomic E-state index is 7.03. The number of anilines is 1. The van der Waals surface area contributed by atoms with Crippen LogP contribution in [0.4, 0.5) is 5.69 Å². The van der Waals surface area contributed by atoms with Crippen LogP contribution in [0.25, 0.3) is 38.9 Å². The molecule has 10 rings (SSSR count). The Morgan fingerprint density at radius 1 is 0.694 bits per heavy atom. The zero-order valence-electron chi connectivity index (χ0n) is 37.1. The minimum absolute atomic E-state index is 0. The van der Waals surface area contributed by atoms with Gasteiger partial charge >= 0.3 is 21.1 Å². The monoisotopic (exact) mass is 992 g/mol. The Balaban J connectivity index is 0.00000490. The Morgan fingerprint density at radius 2 is 1.42 bits per heavy atom. The molecular weight excluding hydrogens is 942 g/mol. The van der Waals surface area contributed by atoms with Crippen LogP contribution in [0.1, 0.15) is 84.7 Å². The molecule has 0 amide bonds. The van der Waals surface area contributed by atoms with Crippen molar-refractivity contribution in [1.82, 2.24) is 14.5 Å². The second-order valence-electron chi connectivity index (χ2n) is 18.8. The largest absolute Gasteiger partial charge is 2.00 e. The molecule has 0 radical (unpaired) electrons. The Morgan fingerprint density at radius 3 is 2.16 bits per heavy atom. The average Bonchev–Trinajstić information content (AvgIpc) is 3.74. The third-order valence-corrected chi connectivity index (χ3v) is 13.1. The van der Waals surface area contributed by atoms with E-state index in [9.17, 15) is 0 Å². The zero-order chi connectivity index (χ0) is 42.6. The SMILES string of the molecule is Cc1cc(C)c(N2C(c3[c-]c(Oc4[c-]c(-n5c6ccc(C)cc6c6cccnc65)cc(C(C)(C)C)c4)cc(-c4ccccn4)c3)=N[C@]3(C)c4ccc(C)cc4C[C@]23C)c(C)c1.[Pt+2]. The van der Waals surface area contributed by atoms with Crippen molar-refractivity contribution in [3.8, 4) is 28.4 Å². The van der Waals surface area contributed by atoms with Gasteiger partial charge in [-0.2, -0.15) is 0 Å². The summed E-state index contributed by atoms with van der Waals surface area (Å²) in [5.41, 5.74) is 15.4.